The lowest BCUT2D eigenvalue weighted by Gasteiger charge is -2.40. The molecule has 5 nitrogen and oxygen atoms in total. The van der Waals surface area contributed by atoms with E-state index < -0.39 is 11.5 Å². The third-order valence-electron chi connectivity index (χ3n) is 5.35. The standard InChI is InChI=1S/C23H26Cl3N3O2/c1-23(2,3)20(27-21(30)15-4-6-16(24)7-5-15)22(31)29-12-10-28(11-13-29)17-8-9-18(25)19(26)14-17/h4-9,14,20H,10-13H2,1-3H3,(H,27,30)/t20-/m0/s1. The normalized spacial score (nSPS) is 15.5. The average Bonchev–Trinajstić information content (AvgIpc) is 2.73. The van der Waals surface area contributed by atoms with Crippen LogP contribution in [0.4, 0.5) is 5.69 Å². The first-order valence-corrected chi connectivity index (χ1v) is 11.2. The van der Waals surface area contributed by atoms with Gasteiger partial charge >= 0.3 is 0 Å². The number of anilines is 1. The molecule has 166 valence electrons. The molecule has 0 aromatic heterocycles. The first-order valence-electron chi connectivity index (χ1n) is 10.1. The molecular weight excluding hydrogens is 457 g/mol. The maximum Gasteiger partial charge on any atom is 0.251 e. The number of benzene rings is 2. The number of rotatable bonds is 4. The molecule has 2 aromatic rings. The number of piperazine rings is 1. The van der Waals surface area contributed by atoms with Crippen LogP contribution in [0.2, 0.25) is 15.1 Å². The van der Waals surface area contributed by atoms with Gasteiger partial charge in [0.1, 0.15) is 6.04 Å². The molecular formula is C23H26Cl3N3O2. The van der Waals surface area contributed by atoms with Crippen molar-refractivity contribution in [2.24, 2.45) is 5.41 Å². The van der Waals surface area contributed by atoms with Gasteiger partial charge in [-0.05, 0) is 47.9 Å². The molecule has 31 heavy (non-hydrogen) atoms. The van der Waals surface area contributed by atoms with Gasteiger partial charge in [-0.1, -0.05) is 55.6 Å². The highest BCUT2D eigenvalue weighted by molar-refractivity contribution is 6.42. The molecule has 2 amide bonds. The molecule has 1 fully saturated rings. The maximum absolute atomic E-state index is 13.3. The lowest BCUT2D eigenvalue weighted by Crippen LogP contribution is -2.58. The minimum Gasteiger partial charge on any atom is -0.368 e. The quantitative estimate of drug-likeness (QED) is 0.656. The average molecular weight is 483 g/mol. The van der Waals surface area contributed by atoms with Crippen molar-refractivity contribution in [1.29, 1.82) is 0 Å². The number of hydrogen-bond acceptors (Lipinski definition) is 3. The fourth-order valence-electron chi connectivity index (χ4n) is 3.51. The molecule has 3 rings (SSSR count). The van der Waals surface area contributed by atoms with Crippen LogP contribution in [-0.4, -0.2) is 48.9 Å². The lowest BCUT2D eigenvalue weighted by atomic mass is 9.85. The number of carbonyl (C=O) groups excluding carboxylic acids is 2. The molecule has 0 aliphatic carbocycles. The van der Waals surface area contributed by atoms with E-state index in [1.54, 1.807) is 30.3 Å². The minimum absolute atomic E-state index is 0.0800. The molecule has 1 heterocycles. The summed E-state index contributed by atoms with van der Waals surface area (Å²) < 4.78 is 0. The van der Waals surface area contributed by atoms with E-state index in [2.05, 4.69) is 10.2 Å². The Labute approximate surface area is 198 Å². The Morgan fingerprint density at radius 1 is 0.903 bits per heavy atom. The number of halogens is 3. The van der Waals surface area contributed by atoms with Crippen LogP contribution < -0.4 is 10.2 Å². The maximum atomic E-state index is 13.3. The molecule has 0 spiro atoms. The van der Waals surface area contributed by atoms with Gasteiger partial charge in [-0.2, -0.15) is 0 Å². The van der Waals surface area contributed by atoms with Gasteiger partial charge in [-0.25, -0.2) is 0 Å². The van der Waals surface area contributed by atoms with Crippen LogP contribution >= 0.6 is 34.8 Å². The first-order chi connectivity index (χ1) is 14.6. The van der Waals surface area contributed by atoms with Crippen LogP contribution in [0, 0.1) is 5.41 Å². The smallest absolute Gasteiger partial charge is 0.251 e. The summed E-state index contributed by atoms with van der Waals surface area (Å²) >= 11 is 18.1. The molecule has 1 aliphatic heterocycles. The minimum atomic E-state index is -0.646. The van der Waals surface area contributed by atoms with Crippen LogP contribution in [0.5, 0.6) is 0 Å². The van der Waals surface area contributed by atoms with Crippen molar-refractivity contribution in [3.05, 3.63) is 63.1 Å². The molecule has 1 aliphatic rings. The van der Waals surface area contributed by atoms with Crippen molar-refractivity contribution in [1.82, 2.24) is 10.2 Å². The summed E-state index contributed by atoms with van der Waals surface area (Å²) in [4.78, 5) is 30.1. The number of hydrogen-bond donors (Lipinski definition) is 1. The van der Waals surface area contributed by atoms with Crippen molar-refractivity contribution >= 4 is 52.3 Å². The van der Waals surface area contributed by atoms with Crippen molar-refractivity contribution < 1.29 is 9.59 Å². The molecule has 2 aromatic carbocycles. The van der Waals surface area contributed by atoms with Gasteiger partial charge in [0.05, 0.1) is 10.0 Å². The topological polar surface area (TPSA) is 52.7 Å². The third-order valence-corrected chi connectivity index (χ3v) is 6.35. The zero-order valence-electron chi connectivity index (χ0n) is 17.8. The van der Waals surface area contributed by atoms with Crippen LogP contribution in [0.1, 0.15) is 31.1 Å². The highest BCUT2D eigenvalue weighted by Gasteiger charge is 2.36. The zero-order valence-corrected chi connectivity index (χ0v) is 20.1. The summed E-state index contributed by atoms with van der Waals surface area (Å²) in [6.07, 6.45) is 0. The molecule has 1 atom stereocenters. The molecule has 0 saturated carbocycles. The Kier molecular flexibility index (Phi) is 7.40. The van der Waals surface area contributed by atoms with E-state index in [0.29, 0.717) is 46.8 Å². The summed E-state index contributed by atoms with van der Waals surface area (Å²) in [6, 6.07) is 11.5. The number of nitrogens with one attached hydrogen (secondary N) is 1. The monoisotopic (exact) mass is 481 g/mol. The summed E-state index contributed by atoms with van der Waals surface area (Å²) in [5.41, 5.74) is 1.00. The molecule has 0 bridgehead atoms. The van der Waals surface area contributed by atoms with Gasteiger partial charge < -0.3 is 15.1 Å². The molecule has 0 radical (unpaired) electrons. The van der Waals surface area contributed by atoms with E-state index in [0.717, 1.165) is 5.69 Å². The molecule has 1 N–H and O–H groups in total. The van der Waals surface area contributed by atoms with E-state index >= 15 is 0 Å². The fraction of sp³-hybridized carbons (Fsp3) is 0.391. The van der Waals surface area contributed by atoms with E-state index in [-0.39, 0.29) is 11.8 Å². The molecule has 1 saturated heterocycles. The van der Waals surface area contributed by atoms with Crippen LogP contribution in [0.3, 0.4) is 0 Å². The van der Waals surface area contributed by atoms with E-state index in [9.17, 15) is 9.59 Å². The van der Waals surface area contributed by atoms with Crippen LogP contribution in [0.15, 0.2) is 42.5 Å². The fourth-order valence-corrected chi connectivity index (χ4v) is 3.93. The Balaban J connectivity index is 1.67. The summed E-state index contributed by atoms with van der Waals surface area (Å²) in [6.45, 7) is 8.30. The van der Waals surface area contributed by atoms with Gasteiger partial charge in [0.2, 0.25) is 5.91 Å². The number of nitrogens with zero attached hydrogens (tertiary/aromatic N) is 2. The second-order valence-electron chi connectivity index (χ2n) is 8.69. The van der Waals surface area contributed by atoms with Crippen molar-refractivity contribution in [2.45, 2.75) is 26.8 Å². The van der Waals surface area contributed by atoms with Crippen molar-refractivity contribution in [3.63, 3.8) is 0 Å². The van der Waals surface area contributed by atoms with Gasteiger partial charge in [-0.3, -0.25) is 9.59 Å². The highest BCUT2D eigenvalue weighted by Crippen LogP contribution is 2.28. The lowest BCUT2D eigenvalue weighted by molar-refractivity contribution is -0.136. The van der Waals surface area contributed by atoms with Gasteiger partial charge in [-0.15, -0.1) is 0 Å². The third kappa shape index (κ3) is 5.85. The van der Waals surface area contributed by atoms with Gasteiger partial charge in [0.25, 0.3) is 5.91 Å². The highest BCUT2D eigenvalue weighted by atomic mass is 35.5. The van der Waals surface area contributed by atoms with Crippen molar-refractivity contribution in [3.8, 4) is 0 Å². The van der Waals surface area contributed by atoms with Gasteiger partial charge in [0, 0.05) is 42.5 Å². The second-order valence-corrected chi connectivity index (χ2v) is 9.94. The Morgan fingerprint density at radius 2 is 1.52 bits per heavy atom. The second kappa shape index (κ2) is 9.68. The SMILES string of the molecule is CC(C)(C)[C@@H](NC(=O)c1ccc(Cl)cc1)C(=O)N1CCN(c2ccc(Cl)c(Cl)c2)CC1. The first kappa shape index (κ1) is 23.7. The zero-order chi connectivity index (χ0) is 22.8. The van der Waals surface area contributed by atoms with E-state index in [1.165, 1.54) is 0 Å². The van der Waals surface area contributed by atoms with Crippen LogP contribution in [0.25, 0.3) is 0 Å². The van der Waals surface area contributed by atoms with Gasteiger partial charge in [0.15, 0.2) is 0 Å². The Morgan fingerprint density at radius 3 is 2.06 bits per heavy atom. The number of amides is 2. The largest absolute Gasteiger partial charge is 0.368 e. The Hall–Kier alpha value is -1.95. The summed E-state index contributed by atoms with van der Waals surface area (Å²) in [5.74, 6) is -0.372. The Bertz CT molecular complexity index is 950. The molecule has 0 unspecified atom stereocenters. The van der Waals surface area contributed by atoms with Crippen molar-refractivity contribution in [2.75, 3.05) is 31.1 Å². The predicted octanol–water partition coefficient (Wildman–Crippen LogP) is 5.14. The molecule has 8 heteroatoms. The summed E-state index contributed by atoms with van der Waals surface area (Å²) in [5, 5.41) is 4.51. The summed E-state index contributed by atoms with van der Waals surface area (Å²) in [7, 11) is 0. The van der Waals surface area contributed by atoms with E-state index in [1.807, 2.05) is 37.8 Å². The van der Waals surface area contributed by atoms with Crippen LogP contribution in [-0.2, 0) is 4.79 Å². The van der Waals surface area contributed by atoms with E-state index in [4.69, 9.17) is 34.8 Å². The predicted molar refractivity (Wildman–Crippen MR) is 127 cm³/mol. The number of carbonyl (C=O) groups is 2.